The molecule has 1 aromatic carbocycles. The van der Waals surface area contributed by atoms with Gasteiger partial charge in [-0.15, -0.1) is 0 Å². The molecule has 2 aliphatic heterocycles. The van der Waals surface area contributed by atoms with Gasteiger partial charge < -0.3 is 4.74 Å². The molecule has 0 radical (unpaired) electrons. The number of hydrogen-bond acceptors (Lipinski definition) is 5. The second-order valence-corrected chi connectivity index (χ2v) is 7.99. The number of hydrogen-bond donors (Lipinski definition) is 0. The Balaban J connectivity index is 1.78. The first-order chi connectivity index (χ1) is 12.9. The fourth-order valence-corrected chi connectivity index (χ4v) is 4.17. The Bertz CT molecular complexity index is 925. The smallest absolute Gasteiger partial charge is 0.259 e. The zero-order valence-electron chi connectivity index (χ0n) is 15.4. The lowest BCUT2D eigenvalue weighted by Gasteiger charge is -2.39. The van der Waals surface area contributed by atoms with Gasteiger partial charge in [0, 0.05) is 29.4 Å². The van der Waals surface area contributed by atoms with E-state index in [0.29, 0.717) is 34.9 Å². The third-order valence-electron chi connectivity index (χ3n) is 5.23. The number of benzene rings is 1. The maximum absolute atomic E-state index is 12.9. The monoisotopic (exact) mass is 408 g/mol. The number of aromatic nitrogens is 2. The summed E-state index contributed by atoms with van der Waals surface area (Å²) in [6, 6.07) is 5.37. The van der Waals surface area contributed by atoms with Crippen LogP contribution in [0.15, 0.2) is 23.0 Å². The van der Waals surface area contributed by atoms with Gasteiger partial charge in [0.05, 0.1) is 30.2 Å². The van der Waals surface area contributed by atoms with E-state index in [4.69, 9.17) is 32.9 Å². The zero-order chi connectivity index (χ0) is 19.1. The van der Waals surface area contributed by atoms with Crippen LogP contribution in [0.4, 0.5) is 11.6 Å². The Labute approximate surface area is 168 Å². The number of rotatable bonds is 3. The summed E-state index contributed by atoms with van der Waals surface area (Å²) >= 11 is 12.5. The van der Waals surface area contributed by atoms with E-state index in [0.717, 1.165) is 37.4 Å². The number of anilines is 2. The van der Waals surface area contributed by atoms with Crippen molar-refractivity contribution in [3.63, 3.8) is 0 Å². The Morgan fingerprint density at radius 3 is 2.78 bits per heavy atom. The lowest BCUT2D eigenvalue weighted by molar-refractivity contribution is 0.0584. The Hall–Kier alpha value is -1.60. The highest BCUT2D eigenvalue weighted by atomic mass is 35.5. The van der Waals surface area contributed by atoms with E-state index in [9.17, 15) is 4.79 Å². The molecule has 0 spiro atoms. The first-order valence-electron chi connectivity index (χ1n) is 9.08. The topological polar surface area (TPSA) is 50.6 Å². The standard InChI is InChI=1S/C19H22Cl2N4O2/c1-12-13(2)22-19-24(17-6-5-14(20)8-16(17)21)10-23(11-25(19)18(12)26)9-15-4-3-7-27-15/h5-6,8,15H,3-4,7,9-11H2,1-2H3/t15-/m1/s1. The molecule has 3 heterocycles. The van der Waals surface area contributed by atoms with Crippen molar-refractivity contribution in [2.24, 2.45) is 0 Å². The summed E-state index contributed by atoms with van der Waals surface area (Å²) in [4.78, 5) is 21.8. The number of aryl methyl sites for hydroxylation is 1. The van der Waals surface area contributed by atoms with Gasteiger partial charge in [-0.2, -0.15) is 0 Å². The molecule has 8 heteroatoms. The zero-order valence-corrected chi connectivity index (χ0v) is 16.9. The van der Waals surface area contributed by atoms with Gasteiger partial charge in [0.1, 0.15) is 0 Å². The molecule has 0 bridgehead atoms. The molecule has 0 unspecified atom stereocenters. The van der Waals surface area contributed by atoms with Gasteiger partial charge in [-0.1, -0.05) is 23.2 Å². The summed E-state index contributed by atoms with van der Waals surface area (Å²) in [5, 5.41) is 1.10. The molecule has 0 amide bonds. The lowest BCUT2D eigenvalue weighted by atomic mass is 10.2. The molecule has 0 N–H and O–H groups in total. The van der Waals surface area contributed by atoms with Crippen molar-refractivity contribution in [2.75, 3.05) is 24.7 Å². The summed E-state index contributed by atoms with van der Waals surface area (Å²) in [5.41, 5.74) is 2.15. The SMILES string of the molecule is Cc1nc2n(c(=O)c1C)CN(C[C@H]1CCCO1)CN2c1ccc(Cl)cc1Cl. The fourth-order valence-electron chi connectivity index (χ4n) is 3.66. The van der Waals surface area contributed by atoms with E-state index in [2.05, 4.69) is 4.90 Å². The van der Waals surface area contributed by atoms with E-state index < -0.39 is 0 Å². The maximum atomic E-state index is 12.9. The first kappa shape index (κ1) is 18.7. The van der Waals surface area contributed by atoms with Crippen molar-refractivity contribution in [3.05, 3.63) is 49.9 Å². The van der Waals surface area contributed by atoms with Gasteiger partial charge in [-0.25, -0.2) is 4.98 Å². The van der Waals surface area contributed by atoms with Crippen LogP contribution in [0, 0.1) is 13.8 Å². The van der Waals surface area contributed by atoms with Crippen molar-refractivity contribution < 1.29 is 4.74 Å². The van der Waals surface area contributed by atoms with Gasteiger partial charge in [-0.3, -0.25) is 19.2 Å². The minimum absolute atomic E-state index is 0.0235. The van der Waals surface area contributed by atoms with Crippen LogP contribution in [0.25, 0.3) is 0 Å². The quantitative estimate of drug-likeness (QED) is 0.774. The lowest BCUT2D eigenvalue weighted by Crippen LogP contribution is -2.49. The maximum Gasteiger partial charge on any atom is 0.259 e. The number of ether oxygens (including phenoxy) is 1. The van der Waals surface area contributed by atoms with Crippen LogP contribution in [0.1, 0.15) is 24.1 Å². The minimum Gasteiger partial charge on any atom is -0.377 e. The number of fused-ring (bicyclic) bond motifs is 1. The van der Waals surface area contributed by atoms with Crippen molar-refractivity contribution in [2.45, 2.75) is 39.5 Å². The molecule has 27 heavy (non-hydrogen) atoms. The highest BCUT2D eigenvalue weighted by Gasteiger charge is 2.30. The van der Waals surface area contributed by atoms with Crippen LogP contribution in [-0.4, -0.2) is 40.4 Å². The van der Waals surface area contributed by atoms with Gasteiger partial charge in [0.15, 0.2) is 0 Å². The molecule has 1 aromatic heterocycles. The second-order valence-electron chi connectivity index (χ2n) is 7.15. The molecule has 6 nitrogen and oxygen atoms in total. The van der Waals surface area contributed by atoms with E-state index in [1.807, 2.05) is 24.8 Å². The van der Waals surface area contributed by atoms with Crippen molar-refractivity contribution in [3.8, 4) is 0 Å². The van der Waals surface area contributed by atoms with Crippen molar-refractivity contribution in [1.82, 2.24) is 14.5 Å². The Kier molecular flexibility index (Phi) is 5.16. The molecule has 0 saturated carbocycles. The molecule has 4 rings (SSSR count). The summed E-state index contributed by atoms with van der Waals surface area (Å²) in [6.45, 7) is 6.32. The molecule has 1 saturated heterocycles. The van der Waals surface area contributed by atoms with E-state index in [1.54, 1.807) is 16.7 Å². The first-order valence-corrected chi connectivity index (χ1v) is 9.84. The Morgan fingerprint density at radius 2 is 2.07 bits per heavy atom. The van der Waals surface area contributed by atoms with Crippen LogP contribution < -0.4 is 10.5 Å². The van der Waals surface area contributed by atoms with Gasteiger partial charge in [0.2, 0.25) is 5.95 Å². The van der Waals surface area contributed by atoms with Crippen LogP contribution in [0.2, 0.25) is 10.0 Å². The van der Waals surface area contributed by atoms with Crippen molar-refractivity contribution >= 4 is 34.8 Å². The van der Waals surface area contributed by atoms with Crippen LogP contribution in [0.3, 0.4) is 0 Å². The molecule has 1 fully saturated rings. The minimum atomic E-state index is -0.0235. The van der Waals surface area contributed by atoms with Crippen molar-refractivity contribution in [1.29, 1.82) is 0 Å². The van der Waals surface area contributed by atoms with Gasteiger partial charge >= 0.3 is 0 Å². The van der Waals surface area contributed by atoms with E-state index in [-0.39, 0.29) is 11.7 Å². The average Bonchev–Trinajstić information content (AvgIpc) is 3.13. The summed E-state index contributed by atoms with van der Waals surface area (Å²) in [5.74, 6) is 0.607. The number of nitrogens with zero attached hydrogens (tertiary/aromatic N) is 4. The highest BCUT2D eigenvalue weighted by molar-refractivity contribution is 6.36. The van der Waals surface area contributed by atoms with E-state index in [1.165, 1.54) is 0 Å². The largest absolute Gasteiger partial charge is 0.377 e. The average molecular weight is 409 g/mol. The molecule has 144 valence electrons. The molecule has 1 atom stereocenters. The van der Waals surface area contributed by atoms with Gasteiger partial charge in [-0.05, 0) is 44.9 Å². The molecular formula is C19H22Cl2N4O2. The molecule has 2 aromatic rings. The molecule has 0 aliphatic carbocycles. The van der Waals surface area contributed by atoms with Crippen LogP contribution in [0.5, 0.6) is 0 Å². The molecular weight excluding hydrogens is 387 g/mol. The van der Waals surface area contributed by atoms with Crippen LogP contribution in [-0.2, 0) is 11.4 Å². The summed E-state index contributed by atoms with van der Waals surface area (Å²) < 4.78 is 7.50. The predicted octanol–water partition coefficient (Wildman–Crippen LogP) is 3.71. The summed E-state index contributed by atoms with van der Waals surface area (Å²) in [6.07, 6.45) is 2.33. The normalized spacial score (nSPS) is 20.1. The summed E-state index contributed by atoms with van der Waals surface area (Å²) in [7, 11) is 0. The fraction of sp³-hybridized carbons (Fsp3) is 0.474. The third kappa shape index (κ3) is 3.59. The highest BCUT2D eigenvalue weighted by Crippen LogP contribution is 2.35. The van der Waals surface area contributed by atoms with Crippen LogP contribution >= 0.6 is 23.2 Å². The second kappa shape index (κ2) is 7.43. The van der Waals surface area contributed by atoms with E-state index >= 15 is 0 Å². The molecule has 2 aliphatic rings. The predicted molar refractivity (Wildman–Crippen MR) is 107 cm³/mol. The third-order valence-corrected chi connectivity index (χ3v) is 5.77. The number of halogens is 2. The van der Waals surface area contributed by atoms with Gasteiger partial charge in [0.25, 0.3) is 5.56 Å². The Morgan fingerprint density at radius 1 is 1.26 bits per heavy atom.